The molecule has 1 fully saturated rings. The first-order valence-corrected chi connectivity index (χ1v) is 6.90. The van der Waals surface area contributed by atoms with Crippen molar-refractivity contribution < 1.29 is 4.74 Å². The van der Waals surface area contributed by atoms with Crippen LogP contribution in [0.25, 0.3) is 0 Å². The SMILES string of the molecule is COCC1(CNCc2c(Cl)cncc2Cl)CCC1. The van der Waals surface area contributed by atoms with Crippen LogP contribution in [0, 0.1) is 5.41 Å². The van der Waals surface area contributed by atoms with E-state index in [-0.39, 0.29) is 0 Å². The van der Waals surface area contributed by atoms with Gasteiger partial charge in [0.2, 0.25) is 0 Å². The van der Waals surface area contributed by atoms with Crippen molar-refractivity contribution in [1.29, 1.82) is 0 Å². The first-order valence-electron chi connectivity index (χ1n) is 6.14. The van der Waals surface area contributed by atoms with Crippen LogP contribution in [0.4, 0.5) is 0 Å². The molecule has 1 aliphatic carbocycles. The third kappa shape index (κ3) is 3.15. The van der Waals surface area contributed by atoms with Crippen molar-refractivity contribution in [3.63, 3.8) is 0 Å². The lowest BCUT2D eigenvalue weighted by Gasteiger charge is -2.41. The Bertz CT molecular complexity index is 388. The minimum Gasteiger partial charge on any atom is -0.384 e. The minimum absolute atomic E-state index is 0.306. The molecule has 0 bridgehead atoms. The van der Waals surface area contributed by atoms with E-state index in [9.17, 15) is 0 Å². The molecule has 1 saturated carbocycles. The van der Waals surface area contributed by atoms with E-state index in [2.05, 4.69) is 10.3 Å². The molecule has 0 spiro atoms. The first-order chi connectivity index (χ1) is 8.67. The Balaban J connectivity index is 1.88. The summed E-state index contributed by atoms with van der Waals surface area (Å²) in [5.41, 5.74) is 1.22. The third-order valence-electron chi connectivity index (χ3n) is 3.62. The molecule has 0 atom stereocenters. The largest absolute Gasteiger partial charge is 0.384 e. The summed E-state index contributed by atoms with van der Waals surface area (Å²) in [7, 11) is 1.76. The molecule has 1 N–H and O–H groups in total. The molecule has 1 aromatic heterocycles. The number of halogens is 2. The van der Waals surface area contributed by atoms with E-state index in [1.54, 1.807) is 19.5 Å². The molecule has 5 heteroatoms. The van der Waals surface area contributed by atoms with Crippen molar-refractivity contribution in [2.24, 2.45) is 5.41 Å². The maximum absolute atomic E-state index is 6.08. The highest BCUT2D eigenvalue weighted by molar-refractivity contribution is 6.35. The maximum atomic E-state index is 6.08. The van der Waals surface area contributed by atoms with Crippen LogP contribution in [0.5, 0.6) is 0 Å². The van der Waals surface area contributed by atoms with Crippen LogP contribution in [0.15, 0.2) is 12.4 Å². The van der Waals surface area contributed by atoms with Crippen molar-refractivity contribution in [3.05, 3.63) is 28.0 Å². The Hall–Kier alpha value is -0.350. The lowest BCUT2D eigenvalue weighted by molar-refractivity contribution is 0.0177. The van der Waals surface area contributed by atoms with Crippen molar-refractivity contribution in [2.75, 3.05) is 20.3 Å². The first kappa shape index (κ1) is 14.1. The molecule has 1 heterocycles. The number of hydrogen-bond donors (Lipinski definition) is 1. The summed E-state index contributed by atoms with van der Waals surface area (Å²) >= 11 is 12.2. The smallest absolute Gasteiger partial charge is 0.0649 e. The molecule has 1 aliphatic rings. The predicted octanol–water partition coefficient (Wildman–Crippen LogP) is 3.29. The van der Waals surface area contributed by atoms with E-state index in [0.717, 1.165) is 18.7 Å². The molecule has 0 aromatic carbocycles. The van der Waals surface area contributed by atoms with Gasteiger partial charge in [-0.1, -0.05) is 29.6 Å². The molecule has 0 radical (unpaired) electrons. The number of nitrogens with zero attached hydrogens (tertiary/aromatic N) is 1. The van der Waals surface area contributed by atoms with Crippen LogP contribution in [-0.4, -0.2) is 25.2 Å². The van der Waals surface area contributed by atoms with Gasteiger partial charge in [0.05, 0.1) is 16.7 Å². The van der Waals surface area contributed by atoms with Gasteiger partial charge in [-0.3, -0.25) is 4.98 Å². The highest BCUT2D eigenvalue weighted by atomic mass is 35.5. The summed E-state index contributed by atoms with van der Waals surface area (Å²) in [5.74, 6) is 0. The Labute approximate surface area is 118 Å². The quantitative estimate of drug-likeness (QED) is 0.872. The normalized spacial score (nSPS) is 17.5. The van der Waals surface area contributed by atoms with Crippen molar-refractivity contribution in [2.45, 2.75) is 25.8 Å². The molecule has 0 unspecified atom stereocenters. The molecule has 0 aliphatic heterocycles. The zero-order chi connectivity index (χ0) is 13.0. The number of rotatable bonds is 6. The van der Waals surface area contributed by atoms with Crippen molar-refractivity contribution in [1.82, 2.24) is 10.3 Å². The van der Waals surface area contributed by atoms with E-state index in [1.807, 2.05) is 0 Å². The number of aromatic nitrogens is 1. The third-order valence-corrected chi connectivity index (χ3v) is 4.27. The fraction of sp³-hybridized carbons (Fsp3) is 0.615. The number of pyridine rings is 1. The van der Waals surface area contributed by atoms with Gasteiger partial charge in [0, 0.05) is 43.6 Å². The van der Waals surface area contributed by atoms with Crippen LogP contribution >= 0.6 is 23.2 Å². The predicted molar refractivity (Wildman–Crippen MR) is 74.1 cm³/mol. The van der Waals surface area contributed by atoms with Crippen LogP contribution < -0.4 is 5.32 Å². The molecule has 2 rings (SSSR count). The number of hydrogen-bond acceptors (Lipinski definition) is 3. The van der Waals surface area contributed by atoms with E-state index in [0.29, 0.717) is 22.0 Å². The summed E-state index contributed by atoms with van der Waals surface area (Å²) in [6, 6.07) is 0. The average molecular weight is 289 g/mol. The Morgan fingerprint density at radius 2 is 2.00 bits per heavy atom. The maximum Gasteiger partial charge on any atom is 0.0649 e. The molecular formula is C13H18Cl2N2O. The average Bonchev–Trinajstić information content (AvgIpc) is 2.29. The van der Waals surface area contributed by atoms with E-state index < -0.39 is 0 Å². The van der Waals surface area contributed by atoms with Crippen LogP contribution in [0.2, 0.25) is 10.0 Å². The molecule has 3 nitrogen and oxygen atoms in total. The van der Waals surface area contributed by atoms with Crippen LogP contribution in [0.1, 0.15) is 24.8 Å². The molecule has 100 valence electrons. The van der Waals surface area contributed by atoms with Gasteiger partial charge in [0.1, 0.15) is 0 Å². The molecule has 0 saturated heterocycles. The highest BCUT2D eigenvalue weighted by Crippen LogP contribution is 2.40. The van der Waals surface area contributed by atoms with Gasteiger partial charge < -0.3 is 10.1 Å². The van der Waals surface area contributed by atoms with Gasteiger partial charge in [-0.15, -0.1) is 0 Å². The minimum atomic E-state index is 0.306. The van der Waals surface area contributed by atoms with Gasteiger partial charge in [-0.25, -0.2) is 0 Å². The van der Waals surface area contributed by atoms with E-state index in [1.165, 1.54) is 19.3 Å². The molecular weight excluding hydrogens is 271 g/mol. The van der Waals surface area contributed by atoms with Crippen molar-refractivity contribution in [3.8, 4) is 0 Å². The summed E-state index contributed by atoms with van der Waals surface area (Å²) in [6.45, 7) is 2.43. The van der Waals surface area contributed by atoms with Gasteiger partial charge in [-0.05, 0) is 12.8 Å². The highest BCUT2D eigenvalue weighted by Gasteiger charge is 2.36. The standard InChI is InChI=1S/C13H18Cl2N2O/c1-18-9-13(3-2-4-13)8-17-5-10-11(14)6-16-7-12(10)15/h6-7,17H,2-5,8-9H2,1H3. The summed E-state index contributed by atoms with van der Waals surface area (Å²) in [4.78, 5) is 3.95. The number of methoxy groups -OCH3 is 1. The van der Waals surface area contributed by atoms with Crippen molar-refractivity contribution >= 4 is 23.2 Å². The fourth-order valence-corrected chi connectivity index (χ4v) is 2.91. The van der Waals surface area contributed by atoms with E-state index >= 15 is 0 Å². The van der Waals surface area contributed by atoms with Gasteiger partial charge >= 0.3 is 0 Å². The Morgan fingerprint density at radius 1 is 1.33 bits per heavy atom. The lowest BCUT2D eigenvalue weighted by Crippen LogP contribution is -2.43. The second-order valence-corrected chi connectivity index (χ2v) is 5.79. The molecule has 1 aromatic rings. The van der Waals surface area contributed by atoms with Gasteiger partial charge in [-0.2, -0.15) is 0 Å². The Morgan fingerprint density at radius 3 is 2.50 bits per heavy atom. The fourth-order valence-electron chi connectivity index (χ4n) is 2.41. The van der Waals surface area contributed by atoms with E-state index in [4.69, 9.17) is 27.9 Å². The van der Waals surface area contributed by atoms with Crippen LogP contribution in [0.3, 0.4) is 0 Å². The topological polar surface area (TPSA) is 34.1 Å². The lowest BCUT2D eigenvalue weighted by atomic mass is 9.69. The van der Waals surface area contributed by atoms with Crippen LogP contribution in [-0.2, 0) is 11.3 Å². The zero-order valence-corrected chi connectivity index (χ0v) is 12.0. The summed E-state index contributed by atoms with van der Waals surface area (Å²) in [5, 5.41) is 4.66. The number of ether oxygens (including phenoxy) is 1. The molecule has 0 amide bonds. The monoisotopic (exact) mass is 288 g/mol. The Kier molecular flexibility index (Phi) is 4.84. The van der Waals surface area contributed by atoms with Gasteiger partial charge in [0.25, 0.3) is 0 Å². The summed E-state index contributed by atoms with van der Waals surface area (Å²) in [6.07, 6.45) is 7.00. The zero-order valence-electron chi connectivity index (χ0n) is 10.5. The summed E-state index contributed by atoms with van der Waals surface area (Å²) < 4.78 is 5.30. The molecule has 18 heavy (non-hydrogen) atoms. The second kappa shape index (κ2) is 6.20. The second-order valence-electron chi connectivity index (χ2n) is 4.97. The van der Waals surface area contributed by atoms with Gasteiger partial charge in [0.15, 0.2) is 0 Å². The number of nitrogens with one attached hydrogen (secondary N) is 1.